The average molecular weight is 363 g/mol. The Labute approximate surface area is 151 Å². The molecule has 1 heterocycles. The fourth-order valence-electron chi connectivity index (χ4n) is 3.17. The quantitative estimate of drug-likeness (QED) is 0.843. The average Bonchev–Trinajstić information content (AvgIpc) is 2.65. The van der Waals surface area contributed by atoms with E-state index in [1.165, 1.54) is 23.8 Å². The number of carbonyl (C=O) groups is 1. The number of methoxy groups -OCH3 is 1. The van der Waals surface area contributed by atoms with Gasteiger partial charge in [0.25, 0.3) is 0 Å². The lowest BCUT2D eigenvalue weighted by molar-refractivity contribution is 0.194. The van der Waals surface area contributed by atoms with Crippen LogP contribution in [0.4, 0.5) is 14.9 Å². The number of benzene rings is 2. The first-order valence-electron chi connectivity index (χ1n) is 8.22. The van der Waals surface area contributed by atoms with Gasteiger partial charge in [-0.2, -0.15) is 0 Å². The SMILES string of the molecule is COc1ccccc1C1CCN(C(=O)Nc2ccc(F)c(Cl)c2)CC1. The van der Waals surface area contributed by atoms with Crippen molar-refractivity contribution >= 4 is 23.3 Å². The van der Waals surface area contributed by atoms with E-state index in [2.05, 4.69) is 11.4 Å². The van der Waals surface area contributed by atoms with Gasteiger partial charge in [-0.3, -0.25) is 0 Å². The number of anilines is 1. The second-order valence-electron chi connectivity index (χ2n) is 6.06. The zero-order valence-electron chi connectivity index (χ0n) is 14.0. The van der Waals surface area contributed by atoms with Gasteiger partial charge in [0.2, 0.25) is 0 Å². The monoisotopic (exact) mass is 362 g/mol. The molecule has 2 aromatic carbocycles. The van der Waals surface area contributed by atoms with Crippen LogP contribution in [-0.4, -0.2) is 31.1 Å². The number of piperidine rings is 1. The first-order valence-corrected chi connectivity index (χ1v) is 8.60. The van der Waals surface area contributed by atoms with E-state index in [-0.39, 0.29) is 11.1 Å². The molecule has 6 heteroatoms. The molecule has 0 aromatic heterocycles. The van der Waals surface area contributed by atoms with Crippen molar-refractivity contribution in [1.29, 1.82) is 0 Å². The maximum absolute atomic E-state index is 13.2. The van der Waals surface area contributed by atoms with Crippen molar-refractivity contribution in [2.24, 2.45) is 0 Å². The highest BCUT2D eigenvalue weighted by Crippen LogP contribution is 2.34. The molecular formula is C19H20ClFN2O2. The van der Waals surface area contributed by atoms with E-state index in [1.807, 2.05) is 18.2 Å². The summed E-state index contributed by atoms with van der Waals surface area (Å²) >= 11 is 5.75. The summed E-state index contributed by atoms with van der Waals surface area (Å²) in [4.78, 5) is 14.2. The van der Waals surface area contributed by atoms with Gasteiger partial charge in [0.15, 0.2) is 0 Å². The normalized spacial score (nSPS) is 15.1. The second-order valence-corrected chi connectivity index (χ2v) is 6.47. The van der Waals surface area contributed by atoms with Crippen molar-refractivity contribution in [1.82, 2.24) is 4.90 Å². The zero-order valence-corrected chi connectivity index (χ0v) is 14.7. The van der Waals surface area contributed by atoms with Gasteiger partial charge in [0.05, 0.1) is 12.1 Å². The molecule has 0 radical (unpaired) electrons. The molecule has 1 aliphatic rings. The Hall–Kier alpha value is -2.27. The smallest absolute Gasteiger partial charge is 0.321 e. The summed E-state index contributed by atoms with van der Waals surface area (Å²) < 4.78 is 18.6. The topological polar surface area (TPSA) is 41.6 Å². The van der Waals surface area contributed by atoms with E-state index < -0.39 is 5.82 Å². The fourth-order valence-corrected chi connectivity index (χ4v) is 3.35. The van der Waals surface area contributed by atoms with Crippen molar-refractivity contribution in [3.63, 3.8) is 0 Å². The van der Waals surface area contributed by atoms with Gasteiger partial charge in [-0.1, -0.05) is 29.8 Å². The third kappa shape index (κ3) is 4.04. The fraction of sp³-hybridized carbons (Fsp3) is 0.316. The number of hydrogen-bond donors (Lipinski definition) is 1. The molecule has 1 saturated heterocycles. The number of ether oxygens (including phenoxy) is 1. The number of halogens is 2. The van der Waals surface area contributed by atoms with Gasteiger partial charge in [-0.05, 0) is 48.6 Å². The molecule has 132 valence electrons. The predicted molar refractivity (Wildman–Crippen MR) is 97.0 cm³/mol. The van der Waals surface area contributed by atoms with Crippen LogP contribution in [0, 0.1) is 5.82 Å². The standard InChI is InChI=1S/C19H20ClFN2O2/c1-25-18-5-3-2-4-15(18)13-8-10-23(11-9-13)19(24)22-14-6-7-17(21)16(20)12-14/h2-7,12-13H,8-11H2,1H3,(H,22,24). The molecule has 1 N–H and O–H groups in total. The van der Waals surface area contributed by atoms with Crippen LogP contribution in [-0.2, 0) is 0 Å². The van der Waals surface area contributed by atoms with Gasteiger partial charge in [0, 0.05) is 18.8 Å². The zero-order chi connectivity index (χ0) is 17.8. The van der Waals surface area contributed by atoms with Gasteiger partial charge < -0.3 is 15.0 Å². The van der Waals surface area contributed by atoms with E-state index >= 15 is 0 Å². The molecule has 0 unspecified atom stereocenters. The molecule has 2 amide bonds. The summed E-state index contributed by atoms with van der Waals surface area (Å²) in [5, 5.41) is 2.76. The highest BCUT2D eigenvalue weighted by Gasteiger charge is 2.25. The van der Waals surface area contributed by atoms with Gasteiger partial charge in [-0.15, -0.1) is 0 Å². The third-order valence-corrected chi connectivity index (χ3v) is 4.82. The molecule has 1 aliphatic heterocycles. The first-order chi connectivity index (χ1) is 12.1. The molecule has 2 aromatic rings. The lowest BCUT2D eigenvalue weighted by atomic mass is 9.89. The van der Waals surface area contributed by atoms with E-state index in [4.69, 9.17) is 16.3 Å². The second kappa shape index (κ2) is 7.74. The molecule has 0 aliphatic carbocycles. The van der Waals surface area contributed by atoms with Crippen LogP contribution in [0.1, 0.15) is 24.3 Å². The van der Waals surface area contributed by atoms with Crippen molar-refractivity contribution in [2.75, 3.05) is 25.5 Å². The molecule has 3 rings (SSSR count). The number of carbonyl (C=O) groups excluding carboxylic acids is 1. The number of rotatable bonds is 3. The van der Waals surface area contributed by atoms with Crippen molar-refractivity contribution in [2.45, 2.75) is 18.8 Å². The molecule has 4 nitrogen and oxygen atoms in total. The number of nitrogens with zero attached hydrogens (tertiary/aromatic N) is 1. The van der Waals surface area contributed by atoms with Crippen LogP contribution < -0.4 is 10.1 Å². The maximum Gasteiger partial charge on any atom is 0.321 e. The molecule has 0 saturated carbocycles. The van der Waals surface area contributed by atoms with Crippen LogP contribution in [0.25, 0.3) is 0 Å². The number of hydrogen-bond acceptors (Lipinski definition) is 2. The van der Waals surface area contributed by atoms with Crippen LogP contribution in [0.3, 0.4) is 0 Å². The summed E-state index contributed by atoms with van der Waals surface area (Å²) in [6.45, 7) is 1.31. The largest absolute Gasteiger partial charge is 0.496 e. The Kier molecular flexibility index (Phi) is 5.43. The summed E-state index contributed by atoms with van der Waals surface area (Å²) in [6, 6.07) is 12.0. The Bertz CT molecular complexity index is 761. The Morgan fingerprint density at radius 3 is 2.64 bits per heavy atom. The number of amides is 2. The lowest BCUT2D eigenvalue weighted by Gasteiger charge is -2.32. The summed E-state index contributed by atoms with van der Waals surface area (Å²) in [5.41, 5.74) is 1.68. The summed E-state index contributed by atoms with van der Waals surface area (Å²) in [5.74, 6) is 0.768. The van der Waals surface area contributed by atoms with Crippen LogP contribution >= 0.6 is 11.6 Å². The molecule has 25 heavy (non-hydrogen) atoms. The predicted octanol–water partition coefficient (Wildman–Crippen LogP) is 4.90. The van der Waals surface area contributed by atoms with Gasteiger partial charge in [-0.25, -0.2) is 9.18 Å². The number of para-hydroxylation sites is 1. The Morgan fingerprint density at radius 2 is 1.96 bits per heavy atom. The van der Waals surface area contributed by atoms with Gasteiger partial charge in [0.1, 0.15) is 11.6 Å². The van der Waals surface area contributed by atoms with E-state index in [1.54, 1.807) is 12.0 Å². The third-order valence-electron chi connectivity index (χ3n) is 4.53. The van der Waals surface area contributed by atoms with Crippen LogP contribution in [0.2, 0.25) is 5.02 Å². The minimum Gasteiger partial charge on any atom is -0.496 e. The Balaban J connectivity index is 1.60. The lowest BCUT2D eigenvalue weighted by Crippen LogP contribution is -2.40. The highest BCUT2D eigenvalue weighted by atomic mass is 35.5. The van der Waals surface area contributed by atoms with Gasteiger partial charge >= 0.3 is 6.03 Å². The van der Waals surface area contributed by atoms with Crippen LogP contribution in [0.15, 0.2) is 42.5 Å². The van der Waals surface area contributed by atoms with E-state index in [0.717, 1.165) is 18.6 Å². The molecule has 0 bridgehead atoms. The van der Waals surface area contributed by atoms with Crippen molar-refractivity contribution in [3.8, 4) is 5.75 Å². The van der Waals surface area contributed by atoms with Crippen molar-refractivity contribution < 1.29 is 13.9 Å². The van der Waals surface area contributed by atoms with Crippen molar-refractivity contribution in [3.05, 3.63) is 58.9 Å². The van der Waals surface area contributed by atoms with E-state index in [9.17, 15) is 9.18 Å². The molecule has 0 spiro atoms. The van der Waals surface area contributed by atoms with Crippen LogP contribution in [0.5, 0.6) is 5.75 Å². The minimum absolute atomic E-state index is 0.00678. The van der Waals surface area contributed by atoms with E-state index in [0.29, 0.717) is 24.7 Å². The molecule has 1 fully saturated rings. The maximum atomic E-state index is 13.2. The highest BCUT2D eigenvalue weighted by molar-refractivity contribution is 6.31. The first kappa shape index (κ1) is 17.5. The molecule has 0 atom stereocenters. The number of likely N-dealkylation sites (tertiary alicyclic amines) is 1. The summed E-state index contributed by atoms with van der Waals surface area (Å²) in [7, 11) is 1.68. The summed E-state index contributed by atoms with van der Waals surface area (Å²) in [6.07, 6.45) is 1.75. The molecular weight excluding hydrogens is 343 g/mol. The number of urea groups is 1. The minimum atomic E-state index is -0.503. The number of nitrogens with one attached hydrogen (secondary N) is 1. The Morgan fingerprint density at radius 1 is 1.24 bits per heavy atom.